The number of hydrogen-bond donors (Lipinski definition) is 1. The zero-order chi connectivity index (χ0) is 18.7. The summed E-state index contributed by atoms with van der Waals surface area (Å²) in [6.07, 6.45) is 1.74. The number of hydrogen-bond acceptors (Lipinski definition) is 5. The van der Waals surface area contributed by atoms with E-state index in [1.54, 1.807) is 42.0 Å². The van der Waals surface area contributed by atoms with Gasteiger partial charge in [-0.15, -0.1) is 0 Å². The summed E-state index contributed by atoms with van der Waals surface area (Å²) in [6.45, 7) is 5.87. The molecule has 8 nitrogen and oxygen atoms in total. The van der Waals surface area contributed by atoms with Crippen LogP contribution in [0.15, 0.2) is 35.5 Å². The van der Waals surface area contributed by atoms with Crippen LogP contribution in [0.1, 0.15) is 6.92 Å². The third-order valence-corrected chi connectivity index (χ3v) is 7.00. The van der Waals surface area contributed by atoms with Gasteiger partial charge in [0.25, 0.3) is 0 Å². The Labute approximate surface area is 158 Å². The summed E-state index contributed by atoms with van der Waals surface area (Å²) in [4.78, 5) is 1.56. The molecule has 2 heterocycles. The topological polar surface area (TPSA) is 73.8 Å². The lowest BCUT2D eigenvalue weighted by Gasteiger charge is -2.31. The summed E-state index contributed by atoms with van der Waals surface area (Å²) in [7, 11) is -1.92. The van der Waals surface area contributed by atoms with Gasteiger partial charge in [0.1, 0.15) is 12.1 Å². The van der Waals surface area contributed by atoms with Gasteiger partial charge in [0.2, 0.25) is 14.8 Å². The fourth-order valence-electron chi connectivity index (χ4n) is 3.01. The van der Waals surface area contributed by atoms with Crippen molar-refractivity contribution in [3.63, 3.8) is 0 Å². The van der Waals surface area contributed by atoms with Crippen molar-refractivity contribution < 1.29 is 18.1 Å². The third kappa shape index (κ3) is 3.83. The summed E-state index contributed by atoms with van der Waals surface area (Å²) < 4.78 is 36.6. The van der Waals surface area contributed by atoms with E-state index in [2.05, 4.69) is 5.10 Å². The Bertz CT molecular complexity index is 897. The number of sulfonamides is 1. The molecule has 1 fully saturated rings. The zero-order valence-corrected chi connectivity index (χ0v) is 16.6. The maximum atomic E-state index is 12.8. The lowest BCUT2D eigenvalue weighted by molar-refractivity contribution is -0.926. The second kappa shape index (κ2) is 7.87. The van der Waals surface area contributed by atoms with Crippen molar-refractivity contribution in [1.82, 2.24) is 18.7 Å². The molecule has 1 N–H and O–H groups in total. The van der Waals surface area contributed by atoms with Gasteiger partial charge in [0.15, 0.2) is 6.67 Å². The first-order chi connectivity index (χ1) is 12.5. The van der Waals surface area contributed by atoms with Crippen LogP contribution in [0.25, 0.3) is 0 Å². The Morgan fingerprint density at radius 3 is 2.42 bits per heavy atom. The molecule has 0 bridgehead atoms. The SMILES string of the molecule is CCn1cnn(C[NH+]2CCN(S(=O)(=O)c3ccc(OC)cc3)CC2)c1=S. The maximum Gasteiger partial charge on any atom is 0.243 e. The number of nitrogens with one attached hydrogen (secondary N) is 1. The van der Waals surface area contributed by atoms with Gasteiger partial charge in [0.05, 0.1) is 38.2 Å². The molecule has 1 aromatic heterocycles. The Hall–Kier alpha value is -1.75. The molecule has 1 aliphatic heterocycles. The Kier molecular flexibility index (Phi) is 5.76. The minimum absolute atomic E-state index is 0.297. The van der Waals surface area contributed by atoms with Gasteiger partial charge in [-0.25, -0.2) is 8.42 Å². The molecule has 1 aromatic carbocycles. The summed E-state index contributed by atoms with van der Waals surface area (Å²) in [6, 6.07) is 6.51. The van der Waals surface area contributed by atoms with Crippen LogP contribution in [0.2, 0.25) is 0 Å². The molecule has 26 heavy (non-hydrogen) atoms. The zero-order valence-electron chi connectivity index (χ0n) is 15.0. The second-order valence-electron chi connectivity index (χ2n) is 6.19. The van der Waals surface area contributed by atoms with Gasteiger partial charge in [-0.1, -0.05) is 0 Å². The molecule has 142 valence electrons. The normalized spacial score (nSPS) is 16.7. The van der Waals surface area contributed by atoms with Crippen molar-refractivity contribution in [2.45, 2.75) is 25.0 Å². The number of ether oxygens (including phenoxy) is 1. The molecule has 1 saturated heterocycles. The molecule has 0 aliphatic carbocycles. The average Bonchev–Trinajstić information content (AvgIpc) is 3.02. The number of methoxy groups -OCH3 is 1. The highest BCUT2D eigenvalue weighted by atomic mass is 32.2. The van der Waals surface area contributed by atoms with E-state index in [0.717, 1.165) is 19.6 Å². The molecule has 0 unspecified atom stereocenters. The smallest absolute Gasteiger partial charge is 0.243 e. The number of aromatic nitrogens is 3. The highest BCUT2D eigenvalue weighted by Gasteiger charge is 2.30. The molecular weight excluding hydrogens is 374 g/mol. The summed E-state index contributed by atoms with van der Waals surface area (Å²) >= 11 is 5.39. The first-order valence-corrected chi connectivity index (χ1v) is 10.4. The number of benzene rings is 1. The molecular formula is C16H24N5O3S2+. The fourth-order valence-corrected chi connectivity index (χ4v) is 4.74. The molecule has 3 rings (SSSR count). The number of rotatable bonds is 6. The van der Waals surface area contributed by atoms with Crippen LogP contribution in [0.3, 0.4) is 0 Å². The van der Waals surface area contributed by atoms with Crippen molar-refractivity contribution in [3.05, 3.63) is 35.4 Å². The standard InChI is InChI=1S/C16H23N5O3S2/c1-3-19-12-17-21(16(19)25)13-18-8-10-20(11-9-18)26(22,23)15-6-4-14(24-2)5-7-15/h4-7,12H,3,8-11,13H2,1-2H3/p+1. The van der Waals surface area contributed by atoms with E-state index >= 15 is 0 Å². The van der Waals surface area contributed by atoms with E-state index in [9.17, 15) is 8.42 Å². The van der Waals surface area contributed by atoms with Gasteiger partial charge < -0.3 is 14.2 Å². The van der Waals surface area contributed by atoms with E-state index in [0.29, 0.717) is 35.2 Å². The monoisotopic (exact) mass is 398 g/mol. The molecule has 0 amide bonds. The van der Waals surface area contributed by atoms with Crippen molar-refractivity contribution in [1.29, 1.82) is 0 Å². The number of quaternary nitrogens is 1. The lowest BCUT2D eigenvalue weighted by Crippen LogP contribution is -3.14. The van der Waals surface area contributed by atoms with Crippen molar-refractivity contribution in [3.8, 4) is 5.75 Å². The summed E-state index contributed by atoms with van der Waals surface area (Å²) in [5, 5.41) is 4.32. The highest BCUT2D eigenvalue weighted by molar-refractivity contribution is 7.89. The molecule has 0 saturated carbocycles. The molecule has 10 heteroatoms. The van der Waals surface area contributed by atoms with Gasteiger partial charge in [-0.2, -0.15) is 14.1 Å². The van der Waals surface area contributed by atoms with E-state index in [-0.39, 0.29) is 0 Å². The van der Waals surface area contributed by atoms with Crippen LogP contribution in [0, 0.1) is 4.77 Å². The van der Waals surface area contributed by atoms with E-state index in [4.69, 9.17) is 17.0 Å². The van der Waals surface area contributed by atoms with Gasteiger partial charge >= 0.3 is 0 Å². The van der Waals surface area contributed by atoms with Crippen molar-refractivity contribution in [2.75, 3.05) is 33.3 Å². The first-order valence-electron chi connectivity index (χ1n) is 8.55. The van der Waals surface area contributed by atoms with E-state index < -0.39 is 10.0 Å². The average molecular weight is 399 g/mol. The van der Waals surface area contributed by atoms with Gasteiger partial charge in [-0.3, -0.25) is 0 Å². The van der Waals surface area contributed by atoms with Gasteiger partial charge in [0, 0.05) is 6.54 Å². The predicted molar refractivity (Wildman–Crippen MR) is 99.2 cm³/mol. The largest absolute Gasteiger partial charge is 0.497 e. The number of nitrogens with zero attached hydrogens (tertiary/aromatic N) is 4. The van der Waals surface area contributed by atoms with E-state index in [1.807, 2.05) is 16.2 Å². The minimum atomic E-state index is -3.47. The van der Waals surface area contributed by atoms with Crippen LogP contribution in [0.4, 0.5) is 0 Å². The number of piperazine rings is 1. The van der Waals surface area contributed by atoms with Crippen molar-refractivity contribution >= 4 is 22.2 Å². The van der Waals surface area contributed by atoms with Crippen LogP contribution in [0.5, 0.6) is 5.75 Å². The van der Waals surface area contributed by atoms with Crippen LogP contribution in [-0.4, -0.2) is 60.4 Å². The second-order valence-corrected chi connectivity index (χ2v) is 8.49. The third-order valence-electron chi connectivity index (χ3n) is 4.64. The van der Waals surface area contributed by atoms with Crippen LogP contribution >= 0.6 is 12.2 Å². The van der Waals surface area contributed by atoms with Gasteiger partial charge in [-0.05, 0) is 43.4 Å². The molecule has 1 aliphatic rings. The first kappa shape index (κ1) is 19.0. The maximum absolute atomic E-state index is 12.8. The minimum Gasteiger partial charge on any atom is -0.497 e. The molecule has 0 radical (unpaired) electrons. The number of aryl methyl sites for hydroxylation is 1. The summed E-state index contributed by atoms with van der Waals surface area (Å²) in [5.41, 5.74) is 0. The molecule has 0 spiro atoms. The highest BCUT2D eigenvalue weighted by Crippen LogP contribution is 2.19. The lowest BCUT2D eigenvalue weighted by atomic mass is 10.3. The predicted octanol–water partition coefficient (Wildman–Crippen LogP) is -0.0105. The molecule has 0 atom stereocenters. The Balaban J connectivity index is 1.63. The van der Waals surface area contributed by atoms with E-state index in [1.165, 1.54) is 4.90 Å². The Morgan fingerprint density at radius 2 is 1.88 bits per heavy atom. The quantitative estimate of drug-likeness (QED) is 0.693. The van der Waals surface area contributed by atoms with Crippen LogP contribution in [-0.2, 0) is 23.2 Å². The Morgan fingerprint density at radius 1 is 1.23 bits per heavy atom. The molecule has 2 aromatic rings. The van der Waals surface area contributed by atoms with Crippen molar-refractivity contribution in [2.24, 2.45) is 0 Å². The fraction of sp³-hybridized carbons (Fsp3) is 0.500. The van der Waals surface area contributed by atoms with Crippen LogP contribution < -0.4 is 9.64 Å². The summed E-state index contributed by atoms with van der Waals surface area (Å²) in [5.74, 6) is 0.640.